The molecule has 7 heteroatoms. The van der Waals surface area contributed by atoms with Crippen molar-refractivity contribution >= 4 is 15.9 Å². The van der Waals surface area contributed by atoms with E-state index in [1.165, 1.54) is 4.31 Å². The number of hydrogen-bond acceptors (Lipinski definition) is 4. The zero-order valence-corrected chi connectivity index (χ0v) is 18.2. The molecule has 0 saturated heterocycles. The molecule has 0 spiro atoms. The molecule has 2 aromatic rings. The Morgan fingerprint density at radius 3 is 2.33 bits per heavy atom. The van der Waals surface area contributed by atoms with E-state index in [1.54, 1.807) is 24.3 Å². The molecule has 0 heterocycles. The lowest BCUT2D eigenvalue weighted by molar-refractivity contribution is -0.121. The first-order valence-electron chi connectivity index (χ1n) is 10.6. The van der Waals surface area contributed by atoms with Crippen LogP contribution in [0.15, 0.2) is 59.5 Å². The van der Waals surface area contributed by atoms with Crippen LogP contribution in [0.5, 0.6) is 5.75 Å². The zero-order valence-electron chi connectivity index (χ0n) is 17.4. The van der Waals surface area contributed by atoms with Crippen molar-refractivity contribution in [1.29, 1.82) is 0 Å². The van der Waals surface area contributed by atoms with Gasteiger partial charge in [-0.25, -0.2) is 8.42 Å². The third-order valence-corrected chi connectivity index (χ3v) is 7.27. The summed E-state index contributed by atoms with van der Waals surface area (Å²) in [7, 11) is -3.79. The van der Waals surface area contributed by atoms with Crippen molar-refractivity contribution in [1.82, 2.24) is 9.62 Å². The van der Waals surface area contributed by atoms with Gasteiger partial charge in [-0.15, -0.1) is 0 Å². The van der Waals surface area contributed by atoms with Gasteiger partial charge in [0.05, 0.1) is 18.0 Å². The largest absolute Gasteiger partial charge is 0.494 e. The van der Waals surface area contributed by atoms with Crippen molar-refractivity contribution in [3.63, 3.8) is 0 Å². The first-order valence-corrected chi connectivity index (χ1v) is 12.0. The summed E-state index contributed by atoms with van der Waals surface area (Å²) in [4.78, 5) is 12.8. The third-order valence-electron chi connectivity index (χ3n) is 5.36. The van der Waals surface area contributed by atoms with Crippen LogP contribution in [0.4, 0.5) is 0 Å². The second-order valence-electron chi connectivity index (χ2n) is 7.51. The van der Waals surface area contributed by atoms with Crippen LogP contribution in [-0.4, -0.2) is 37.8 Å². The highest BCUT2D eigenvalue weighted by Crippen LogP contribution is 2.28. The molecule has 0 bridgehead atoms. The molecule has 3 rings (SSSR count). The predicted molar refractivity (Wildman–Crippen MR) is 117 cm³/mol. The maximum atomic E-state index is 13.4. The van der Waals surface area contributed by atoms with Gasteiger partial charge in [0, 0.05) is 12.6 Å². The Morgan fingerprint density at radius 1 is 1.03 bits per heavy atom. The smallest absolute Gasteiger partial charge is 0.243 e. The average molecular weight is 431 g/mol. The molecule has 1 amide bonds. The van der Waals surface area contributed by atoms with Gasteiger partial charge in [0.1, 0.15) is 5.75 Å². The van der Waals surface area contributed by atoms with Gasteiger partial charge in [0.2, 0.25) is 15.9 Å². The lowest BCUT2D eigenvalue weighted by atomic mass is 9.95. The molecule has 162 valence electrons. The molecular weight excluding hydrogens is 400 g/mol. The molecule has 6 nitrogen and oxygen atoms in total. The van der Waals surface area contributed by atoms with E-state index in [1.807, 2.05) is 37.3 Å². The Kier molecular flexibility index (Phi) is 7.87. The van der Waals surface area contributed by atoms with Crippen LogP contribution in [0.3, 0.4) is 0 Å². The fraction of sp³-hybridized carbons (Fsp3) is 0.435. The Balaban J connectivity index is 1.76. The number of benzene rings is 2. The second kappa shape index (κ2) is 10.6. The summed E-state index contributed by atoms with van der Waals surface area (Å²) < 4.78 is 33.6. The summed E-state index contributed by atoms with van der Waals surface area (Å²) in [5.74, 6) is 0.334. The monoisotopic (exact) mass is 430 g/mol. The van der Waals surface area contributed by atoms with E-state index in [4.69, 9.17) is 4.74 Å². The van der Waals surface area contributed by atoms with Gasteiger partial charge in [-0.05, 0) is 49.6 Å². The van der Waals surface area contributed by atoms with Crippen LogP contribution < -0.4 is 10.1 Å². The zero-order chi connectivity index (χ0) is 21.4. The van der Waals surface area contributed by atoms with Crippen LogP contribution in [0, 0.1) is 0 Å². The highest BCUT2D eigenvalue weighted by molar-refractivity contribution is 7.89. The highest BCUT2D eigenvalue weighted by Gasteiger charge is 2.33. The van der Waals surface area contributed by atoms with E-state index in [-0.39, 0.29) is 23.4 Å². The number of carbonyl (C=O) groups excluding carboxylic acids is 1. The fourth-order valence-corrected chi connectivity index (χ4v) is 5.42. The number of hydrogen-bond donors (Lipinski definition) is 1. The Labute approximate surface area is 179 Å². The lowest BCUT2D eigenvalue weighted by Crippen LogP contribution is -2.46. The fourth-order valence-electron chi connectivity index (χ4n) is 3.78. The van der Waals surface area contributed by atoms with E-state index in [0.29, 0.717) is 18.9 Å². The van der Waals surface area contributed by atoms with Crippen molar-refractivity contribution in [3.05, 3.63) is 60.2 Å². The standard InChI is InChI=1S/C23H30N2O4S/c1-2-29-21-13-15-22(16-14-21)30(27,28)25(20-11-7-4-8-12-20)18-23(26)24-17-19-9-5-3-6-10-19/h3,5-6,9-10,13-16,20H,2,4,7-8,11-12,17-18H2,1H3,(H,24,26). The predicted octanol–water partition coefficient (Wildman–Crippen LogP) is 3.73. The van der Waals surface area contributed by atoms with Crippen LogP contribution in [-0.2, 0) is 21.4 Å². The SMILES string of the molecule is CCOc1ccc(S(=O)(=O)N(CC(=O)NCc2ccccc2)C2CCCCC2)cc1. The summed E-state index contributed by atoms with van der Waals surface area (Å²) in [6.45, 7) is 2.60. The minimum Gasteiger partial charge on any atom is -0.494 e. The van der Waals surface area contributed by atoms with E-state index in [9.17, 15) is 13.2 Å². The number of sulfonamides is 1. The van der Waals surface area contributed by atoms with Gasteiger partial charge in [0.15, 0.2) is 0 Å². The summed E-state index contributed by atoms with van der Waals surface area (Å²) in [6.07, 6.45) is 4.62. The number of carbonyl (C=O) groups is 1. The quantitative estimate of drug-likeness (QED) is 0.658. The van der Waals surface area contributed by atoms with Crippen molar-refractivity contribution in [2.24, 2.45) is 0 Å². The molecule has 1 fully saturated rings. The van der Waals surface area contributed by atoms with Crippen molar-refractivity contribution in [2.75, 3.05) is 13.2 Å². The summed E-state index contributed by atoms with van der Waals surface area (Å²) >= 11 is 0. The maximum absolute atomic E-state index is 13.4. The summed E-state index contributed by atoms with van der Waals surface area (Å²) in [5, 5.41) is 2.85. The van der Waals surface area contributed by atoms with Crippen molar-refractivity contribution < 1.29 is 17.9 Å². The molecular formula is C23H30N2O4S. The summed E-state index contributed by atoms with van der Waals surface area (Å²) in [6, 6.07) is 15.9. The van der Waals surface area contributed by atoms with Crippen LogP contribution in [0.2, 0.25) is 0 Å². The Bertz CT molecular complexity index is 908. The minimum absolute atomic E-state index is 0.155. The van der Waals surface area contributed by atoms with Crippen LogP contribution >= 0.6 is 0 Å². The lowest BCUT2D eigenvalue weighted by Gasteiger charge is -2.33. The third kappa shape index (κ3) is 5.83. The van der Waals surface area contributed by atoms with E-state index in [0.717, 1.165) is 37.7 Å². The van der Waals surface area contributed by atoms with Gasteiger partial charge in [0.25, 0.3) is 0 Å². The molecule has 0 unspecified atom stereocenters. The molecule has 1 N–H and O–H groups in total. The molecule has 2 aromatic carbocycles. The molecule has 30 heavy (non-hydrogen) atoms. The average Bonchev–Trinajstić information content (AvgIpc) is 2.78. The molecule has 0 radical (unpaired) electrons. The number of nitrogens with zero attached hydrogens (tertiary/aromatic N) is 1. The van der Waals surface area contributed by atoms with Gasteiger partial charge >= 0.3 is 0 Å². The van der Waals surface area contributed by atoms with Gasteiger partial charge in [-0.1, -0.05) is 49.6 Å². The molecule has 0 aromatic heterocycles. The highest BCUT2D eigenvalue weighted by atomic mass is 32.2. The number of nitrogens with one attached hydrogen (secondary N) is 1. The molecule has 1 aliphatic carbocycles. The first-order chi connectivity index (χ1) is 14.5. The minimum atomic E-state index is -3.79. The Morgan fingerprint density at radius 2 is 1.70 bits per heavy atom. The number of ether oxygens (including phenoxy) is 1. The Hall–Kier alpha value is -2.38. The van der Waals surface area contributed by atoms with Crippen molar-refractivity contribution in [3.8, 4) is 5.75 Å². The van der Waals surface area contributed by atoms with Crippen molar-refractivity contribution in [2.45, 2.75) is 56.5 Å². The second-order valence-corrected chi connectivity index (χ2v) is 9.40. The number of rotatable bonds is 9. The first kappa shape index (κ1) is 22.3. The molecule has 0 atom stereocenters. The number of amides is 1. The van der Waals surface area contributed by atoms with Crippen LogP contribution in [0.1, 0.15) is 44.6 Å². The van der Waals surface area contributed by atoms with Gasteiger partial charge in [-0.3, -0.25) is 4.79 Å². The normalized spacial score (nSPS) is 15.1. The maximum Gasteiger partial charge on any atom is 0.243 e. The molecule has 1 aliphatic rings. The van der Waals surface area contributed by atoms with Crippen LogP contribution in [0.25, 0.3) is 0 Å². The van der Waals surface area contributed by atoms with E-state index >= 15 is 0 Å². The topological polar surface area (TPSA) is 75.7 Å². The van der Waals surface area contributed by atoms with Gasteiger partial charge < -0.3 is 10.1 Å². The van der Waals surface area contributed by atoms with E-state index < -0.39 is 10.0 Å². The summed E-state index contributed by atoms with van der Waals surface area (Å²) in [5.41, 5.74) is 0.976. The molecule has 1 saturated carbocycles. The molecule has 0 aliphatic heterocycles. The van der Waals surface area contributed by atoms with Gasteiger partial charge in [-0.2, -0.15) is 4.31 Å². The van der Waals surface area contributed by atoms with E-state index in [2.05, 4.69) is 5.32 Å².